The Balaban J connectivity index is 2.79. The molecule has 1 N–H and O–H groups in total. The van der Waals surface area contributed by atoms with Gasteiger partial charge in [-0.2, -0.15) is 0 Å². The monoisotopic (exact) mass is 235 g/mol. The Hall–Kier alpha value is -1.51. The summed E-state index contributed by atoms with van der Waals surface area (Å²) in [5.41, 5.74) is 2.22. The van der Waals surface area contributed by atoms with Gasteiger partial charge in [-0.3, -0.25) is 4.79 Å². The predicted molar refractivity (Wildman–Crippen MR) is 70.9 cm³/mol. The van der Waals surface area contributed by atoms with E-state index in [0.29, 0.717) is 18.9 Å². The smallest absolute Gasteiger partial charge is 0.141 e. The maximum atomic E-state index is 10.9. The van der Waals surface area contributed by atoms with Crippen molar-refractivity contribution in [2.75, 3.05) is 19.0 Å². The molecule has 3 nitrogen and oxygen atoms in total. The number of nitrogens with one attached hydrogen (secondary N) is 1. The van der Waals surface area contributed by atoms with Crippen LogP contribution in [0.1, 0.15) is 38.7 Å². The number of carbonyl (C=O) groups is 1. The van der Waals surface area contributed by atoms with Crippen LogP contribution < -0.4 is 10.1 Å². The molecule has 3 heteroatoms. The van der Waals surface area contributed by atoms with Crippen molar-refractivity contribution >= 4 is 11.5 Å². The number of benzene rings is 1. The van der Waals surface area contributed by atoms with Crippen molar-refractivity contribution in [1.82, 2.24) is 0 Å². The third-order valence-electron chi connectivity index (χ3n) is 2.68. The van der Waals surface area contributed by atoms with Gasteiger partial charge < -0.3 is 10.1 Å². The minimum absolute atomic E-state index is 0.191. The van der Waals surface area contributed by atoms with E-state index in [9.17, 15) is 4.79 Å². The molecule has 0 heterocycles. The molecule has 0 spiro atoms. The summed E-state index contributed by atoms with van der Waals surface area (Å²) in [6, 6.07) is 6.12. The second kappa shape index (κ2) is 6.28. The number of hydrogen-bond donors (Lipinski definition) is 1. The molecule has 0 fully saturated rings. The Morgan fingerprint density at radius 1 is 1.41 bits per heavy atom. The van der Waals surface area contributed by atoms with Crippen molar-refractivity contribution in [2.24, 2.45) is 0 Å². The van der Waals surface area contributed by atoms with Crippen molar-refractivity contribution in [3.05, 3.63) is 23.8 Å². The number of rotatable bonds is 6. The molecule has 1 aromatic rings. The van der Waals surface area contributed by atoms with Crippen LogP contribution in [0.15, 0.2) is 18.2 Å². The molecule has 0 atom stereocenters. The fourth-order valence-corrected chi connectivity index (χ4v) is 1.60. The van der Waals surface area contributed by atoms with E-state index >= 15 is 0 Å². The van der Waals surface area contributed by atoms with Gasteiger partial charge in [0.1, 0.15) is 11.5 Å². The van der Waals surface area contributed by atoms with Gasteiger partial charge in [0.25, 0.3) is 0 Å². The summed E-state index contributed by atoms with van der Waals surface area (Å²) in [6.07, 6.45) is 0.537. The van der Waals surface area contributed by atoms with Crippen LogP contribution >= 0.6 is 0 Å². The van der Waals surface area contributed by atoms with Gasteiger partial charge >= 0.3 is 0 Å². The summed E-state index contributed by atoms with van der Waals surface area (Å²) >= 11 is 0. The Kier molecular flexibility index (Phi) is 5.01. The molecule has 0 aliphatic heterocycles. The maximum Gasteiger partial charge on any atom is 0.141 e. The third kappa shape index (κ3) is 4.10. The number of Topliss-reactive ketones (excluding diaryl/α,β-unsaturated/α-hetero) is 1. The van der Waals surface area contributed by atoms with Gasteiger partial charge in [-0.05, 0) is 30.5 Å². The van der Waals surface area contributed by atoms with Gasteiger partial charge in [0, 0.05) is 13.0 Å². The summed E-state index contributed by atoms with van der Waals surface area (Å²) in [7, 11) is 1.65. The summed E-state index contributed by atoms with van der Waals surface area (Å²) in [5.74, 6) is 1.49. The van der Waals surface area contributed by atoms with E-state index < -0.39 is 0 Å². The Morgan fingerprint density at radius 3 is 2.65 bits per heavy atom. The van der Waals surface area contributed by atoms with E-state index in [0.717, 1.165) is 11.4 Å². The average molecular weight is 235 g/mol. The second-order valence-electron chi connectivity index (χ2n) is 4.49. The summed E-state index contributed by atoms with van der Waals surface area (Å²) < 4.78 is 5.29. The zero-order valence-electron chi connectivity index (χ0n) is 11.0. The standard InChI is InChI=1S/C14H21NO2/c1-10(2)12-5-6-14(17-4)13(9-12)15-8-7-11(3)16/h5-6,9-10,15H,7-8H2,1-4H3. The normalized spacial score (nSPS) is 10.4. The first kappa shape index (κ1) is 13.6. The van der Waals surface area contributed by atoms with Crippen LogP contribution in [0.25, 0.3) is 0 Å². The number of ether oxygens (including phenoxy) is 1. The van der Waals surface area contributed by atoms with Crippen LogP contribution in [0.2, 0.25) is 0 Å². The van der Waals surface area contributed by atoms with E-state index in [1.54, 1.807) is 14.0 Å². The molecule has 0 saturated heterocycles. The molecule has 1 aromatic carbocycles. The number of hydrogen-bond acceptors (Lipinski definition) is 3. The minimum Gasteiger partial charge on any atom is -0.495 e. The lowest BCUT2D eigenvalue weighted by Gasteiger charge is -2.14. The Labute approximate surface area is 103 Å². The molecular formula is C14H21NO2. The van der Waals surface area contributed by atoms with Gasteiger partial charge in [0.05, 0.1) is 12.8 Å². The minimum atomic E-state index is 0.191. The van der Waals surface area contributed by atoms with Crippen molar-refractivity contribution in [2.45, 2.75) is 33.1 Å². The molecule has 0 bridgehead atoms. The molecule has 0 aromatic heterocycles. The number of methoxy groups -OCH3 is 1. The van der Waals surface area contributed by atoms with Crippen LogP contribution in [0.5, 0.6) is 5.75 Å². The number of carbonyl (C=O) groups excluding carboxylic acids is 1. The first-order valence-electron chi connectivity index (χ1n) is 5.96. The second-order valence-corrected chi connectivity index (χ2v) is 4.49. The first-order chi connectivity index (χ1) is 8.04. The van der Waals surface area contributed by atoms with E-state index in [2.05, 4.69) is 31.3 Å². The molecule has 0 radical (unpaired) electrons. The quantitative estimate of drug-likeness (QED) is 0.822. The van der Waals surface area contributed by atoms with Crippen molar-refractivity contribution in [3.63, 3.8) is 0 Å². The highest BCUT2D eigenvalue weighted by atomic mass is 16.5. The van der Waals surface area contributed by atoms with E-state index in [1.165, 1.54) is 5.56 Å². The predicted octanol–water partition coefficient (Wildman–Crippen LogP) is 3.21. The molecule has 1 rings (SSSR count). The topological polar surface area (TPSA) is 38.3 Å². The van der Waals surface area contributed by atoms with Gasteiger partial charge in [-0.25, -0.2) is 0 Å². The maximum absolute atomic E-state index is 10.9. The summed E-state index contributed by atoms with van der Waals surface area (Å²) in [5, 5.41) is 3.24. The van der Waals surface area contributed by atoms with Gasteiger partial charge in [0.15, 0.2) is 0 Å². The van der Waals surface area contributed by atoms with Crippen molar-refractivity contribution in [3.8, 4) is 5.75 Å². The van der Waals surface area contributed by atoms with E-state index in [4.69, 9.17) is 4.74 Å². The zero-order chi connectivity index (χ0) is 12.8. The molecular weight excluding hydrogens is 214 g/mol. The van der Waals surface area contributed by atoms with Crippen LogP contribution in [-0.2, 0) is 4.79 Å². The molecule has 0 saturated carbocycles. The lowest BCUT2D eigenvalue weighted by molar-refractivity contribution is -0.116. The van der Waals surface area contributed by atoms with Gasteiger partial charge in [-0.1, -0.05) is 19.9 Å². The van der Waals surface area contributed by atoms with Crippen LogP contribution in [0, 0.1) is 0 Å². The van der Waals surface area contributed by atoms with Crippen LogP contribution in [-0.4, -0.2) is 19.4 Å². The van der Waals surface area contributed by atoms with E-state index in [1.807, 2.05) is 6.07 Å². The lowest BCUT2D eigenvalue weighted by Crippen LogP contribution is -2.07. The lowest BCUT2D eigenvalue weighted by atomic mass is 10.0. The molecule has 94 valence electrons. The summed E-state index contributed by atoms with van der Waals surface area (Å²) in [4.78, 5) is 10.9. The van der Waals surface area contributed by atoms with Gasteiger partial charge in [-0.15, -0.1) is 0 Å². The summed E-state index contributed by atoms with van der Waals surface area (Å²) in [6.45, 7) is 6.55. The molecule has 0 aliphatic rings. The number of anilines is 1. The third-order valence-corrected chi connectivity index (χ3v) is 2.68. The molecule has 0 unspecified atom stereocenters. The highest BCUT2D eigenvalue weighted by Gasteiger charge is 2.06. The van der Waals surface area contributed by atoms with Gasteiger partial charge in [0.2, 0.25) is 0 Å². The zero-order valence-corrected chi connectivity index (χ0v) is 11.0. The highest BCUT2D eigenvalue weighted by Crippen LogP contribution is 2.28. The Morgan fingerprint density at radius 2 is 2.12 bits per heavy atom. The van der Waals surface area contributed by atoms with Crippen LogP contribution in [0.3, 0.4) is 0 Å². The average Bonchev–Trinajstić information content (AvgIpc) is 2.28. The fourth-order valence-electron chi connectivity index (χ4n) is 1.60. The number of ketones is 1. The molecule has 17 heavy (non-hydrogen) atoms. The van der Waals surface area contributed by atoms with Crippen molar-refractivity contribution in [1.29, 1.82) is 0 Å². The fraction of sp³-hybridized carbons (Fsp3) is 0.500. The van der Waals surface area contributed by atoms with Crippen LogP contribution in [0.4, 0.5) is 5.69 Å². The molecule has 0 aliphatic carbocycles. The largest absolute Gasteiger partial charge is 0.495 e. The molecule has 0 amide bonds. The Bertz CT molecular complexity index is 386. The first-order valence-corrected chi connectivity index (χ1v) is 5.96. The van der Waals surface area contributed by atoms with Crippen molar-refractivity contribution < 1.29 is 9.53 Å². The highest BCUT2D eigenvalue weighted by molar-refractivity contribution is 5.76. The SMILES string of the molecule is COc1ccc(C(C)C)cc1NCCC(C)=O. The van der Waals surface area contributed by atoms with E-state index in [-0.39, 0.29) is 5.78 Å².